The van der Waals surface area contributed by atoms with Crippen LogP contribution in [0.4, 0.5) is 0 Å². The number of carbonyl (C=O) groups is 1. The molecule has 1 amide bonds. The van der Waals surface area contributed by atoms with Crippen LogP contribution >= 0.6 is 0 Å². The van der Waals surface area contributed by atoms with Crippen LogP contribution in [0.3, 0.4) is 0 Å². The third kappa shape index (κ3) is 6.06. The van der Waals surface area contributed by atoms with E-state index in [1.54, 1.807) is 24.0 Å². The van der Waals surface area contributed by atoms with Crippen LogP contribution in [0.15, 0.2) is 59.5 Å². The molecule has 0 radical (unpaired) electrons. The van der Waals surface area contributed by atoms with Gasteiger partial charge in [0.2, 0.25) is 15.9 Å². The van der Waals surface area contributed by atoms with E-state index in [0.29, 0.717) is 25.4 Å². The summed E-state index contributed by atoms with van der Waals surface area (Å²) in [5.41, 5.74) is 1.25. The van der Waals surface area contributed by atoms with Crippen LogP contribution in [-0.4, -0.2) is 74.3 Å². The molecule has 1 heterocycles. The van der Waals surface area contributed by atoms with Crippen molar-refractivity contribution in [2.75, 3.05) is 45.9 Å². The number of amides is 1. The van der Waals surface area contributed by atoms with E-state index in [1.807, 2.05) is 25.1 Å². The van der Waals surface area contributed by atoms with Crippen molar-refractivity contribution in [3.05, 3.63) is 60.2 Å². The Kier molecular flexibility index (Phi) is 8.06. The maximum atomic E-state index is 13.0. The molecule has 1 aliphatic rings. The van der Waals surface area contributed by atoms with Gasteiger partial charge in [-0.25, -0.2) is 8.42 Å². The molecular formula is C23H31N3O4S. The topological polar surface area (TPSA) is 70.2 Å². The second kappa shape index (κ2) is 10.7. The molecule has 2 aromatic rings. The van der Waals surface area contributed by atoms with Crippen LogP contribution in [0.5, 0.6) is 5.75 Å². The van der Waals surface area contributed by atoms with E-state index < -0.39 is 10.0 Å². The molecule has 1 aliphatic heterocycles. The Labute approximate surface area is 185 Å². The van der Waals surface area contributed by atoms with Crippen molar-refractivity contribution in [3.8, 4) is 5.75 Å². The Morgan fingerprint density at radius 3 is 2.19 bits per heavy atom. The predicted molar refractivity (Wildman–Crippen MR) is 120 cm³/mol. The highest BCUT2D eigenvalue weighted by Crippen LogP contribution is 2.20. The Morgan fingerprint density at radius 2 is 1.61 bits per heavy atom. The molecule has 0 aliphatic carbocycles. The van der Waals surface area contributed by atoms with Gasteiger partial charge in [0.1, 0.15) is 5.75 Å². The number of hydrogen-bond acceptors (Lipinski definition) is 5. The Morgan fingerprint density at radius 1 is 0.968 bits per heavy atom. The Hall–Kier alpha value is -2.42. The SMILES string of the molecule is CCOc1ccc(S(=O)(=O)N(CC)CC(=O)N2CCN(Cc3ccccc3)CC2)cc1. The Bertz CT molecular complexity index is 941. The average Bonchev–Trinajstić information content (AvgIpc) is 2.79. The zero-order chi connectivity index (χ0) is 22.3. The van der Waals surface area contributed by atoms with Crippen molar-refractivity contribution in [2.45, 2.75) is 25.3 Å². The largest absolute Gasteiger partial charge is 0.494 e. The first kappa shape index (κ1) is 23.2. The van der Waals surface area contributed by atoms with E-state index >= 15 is 0 Å². The third-order valence-corrected chi connectivity index (χ3v) is 7.35. The Balaban J connectivity index is 1.57. The lowest BCUT2D eigenvalue weighted by Gasteiger charge is -2.35. The molecule has 0 saturated carbocycles. The monoisotopic (exact) mass is 445 g/mol. The lowest BCUT2D eigenvalue weighted by atomic mass is 10.2. The molecule has 0 spiro atoms. The molecule has 31 heavy (non-hydrogen) atoms. The number of piperazine rings is 1. The number of carbonyl (C=O) groups excluding carboxylic acids is 1. The number of sulfonamides is 1. The van der Waals surface area contributed by atoms with Gasteiger partial charge in [-0.15, -0.1) is 0 Å². The summed E-state index contributed by atoms with van der Waals surface area (Å²) in [5.74, 6) is 0.463. The molecule has 0 N–H and O–H groups in total. The van der Waals surface area contributed by atoms with Crippen LogP contribution in [0.2, 0.25) is 0 Å². The first-order chi connectivity index (χ1) is 14.9. The first-order valence-corrected chi connectivity index (χ1v) is 12.1. The molecule has 0 bridgehead atoms. The highest BCUT2D eigenvalue weighted by atomic mass is 32.2. The lowest BCUT2D eigenvalue weighted by Crippen LogP contribution is -2.51. The molecular weight excluding hydrogens is 414 g/mol. The fourth-order valence-electron chi connectivity index (χ4n) is 3.64. The number of hydrogen-bond donors (Lipinski definition) is 0. The minimum absolute atomic E-state index is 0.148. The van der Waals surface area contributed by atoms with Crippen LogP contribution in [0.1, 0.15) is 19.4 Å². The van der Waals surface area contributed by atoms with Crippen molar-refractivity contribution >= 4 is 15.9 Å². The van der Waals surface area contributed by atoms with E-state index in [9.17, 15) is 13.2 Å². The predicted octanol–water partition coefficient (Wildman–Crippen LogP) is 2.44. The van der Waals surface area contributed by atoms with Gasteiger partial charge in [-0.3, -0.25) is 9.69 Å². The third-order valence-electron chi connectivity index (χ3n) is 5.41. The molecule has 2 aromatic carbocycles. The summed E-state index contributed by atoms with van der Waals surface area (Å²) in [4.78, 5) is 17.1. The quantitative estimate of drug-likeness (QED) is 0.593. The summed E-state index contributed by atoms with van der Waals surface area (Å²) in [6.07, 6.45) is 0. The van der Waals surface area contributed by atoms with Crippen molar-refractivity contribution in [1.82, 2.24) is 14.1 Å². The van der Waals surface area contributed by atoms with Crippen molar-refractivity contribution < 1.29 is 17.9 Å². The van der Waals surface area contributed by atoms with Crippen LogP contribution in [0, 0.1) is 0 Å². The molecule has 1 fully saturated rings. The minimum Gasteiger partial charge on any atom is -0.494 e. The molecule has 3 rings (SSSR count). The number of ether oxygens (including phenoxy) is 1. The zero-order valence-electron chi connectivity index (χ0n) is 18.2. The van der Waals surface area contributed by atoms with E-state index in [-0.39, 0.29) is 23.9 Å². The van der Waals surface area contributed by atoms with Crippen LogP contribution in [-0.2, 0) is 21.4 Å². The maximum absolute atomic E-state index is 13.0. The number of rotatable bonds is 9. The fourth-order valence-corrected chi connectivity index (χ4v) is 5.04. The van der Waals surface area contributed by atoms with Crippen molar-refractivity contribution in [2.24, 2.45) is 0 Å². The first-order valence-electron chi connectivity index (χ1n) is 10.7. The molecule has 1 saturated heterocycles. The molecule has 0 aromatic heterocycles. The smallest absolute Gasteiger partial charge is 0.243 e. The number of benzene rings is 2. The summed E-state index contributed by atoms with van der Waals surface area (Å²) in [6.45, 7) is 7.83. The van der Waals surface area contributed by atoms with Crippen molar-refractivity contribution in [1.29, 1.82) is 0 Å². The summed E-state index contributed by atoms with van der Waals surface area (Å²) < 4.78 is 32.6. The number of nitrogens with zero attached hydrogens (tertiary/aromatic N) is 3. The highest BCUT2D eigenvalue weighted by molar-refractivity contribution is 7.89. The van der Waals surface area contributed by atoms with E-state index in [0.717, 1.165) is 19.6 Å². The maximum Gasteiger partial charge on any atom is 0.243 e. The normalized spacial score (nSPS) is 15.3. The molecule has 0 unspecified atom stereocenters. The summed E-state index contributed by atoms with van der Waals surface area (Å²) in [6, 6.07) is 16.6. The lowest BCUT2D eigenvalue weighted by molar-refractivity contribution is -0.133. The summed E-state index contributed by atoms with van der Waals surface area (Å²) >= 11 is 0. The molecule has 168 valence electrons. The highest BCUT2D eigenvalue weighted by Gasteiger charge is 2.28. The van der Waals surface area contributed by atoms with E-state index in [2.05, 4.69) is 17.0 Å². The van der Waals surface area contributed by atoms with Gasteiger partial charge in [0.15, 0.2) is 0 Å². The van der Waals surface area contributed by atoms with Gasteiger partial charge in [0.05, 0.1) is 18.0 Å². The summed E-state index contributed by atoms with van der Waals surface area (Å²) in [5, 5.41) is 0. The van der Waals surface area contributed by atoms with Gasteiger partial charge < -0.3 is 9.64 Å². The second-order valence-electron chi connectivity index (χ2n) is 7.48. The van der Waals surface area contributed by atoms with Gasteiger partial charge in [-0.2, -0.15) is 4.31 Å². The minimum atomic E-state index is -3.75. The van der Waals surface area contributed by atoms with E-state index in [1.165, 1.54) is 22.0 Å². The van der Waals surface area contributed by atoms with Gasteiger partial charge in [0.25, 0.3) is 0 Å². The van der Waals surface area contributed by atoms with Gasteiger partial charge in [-0.05, 0) is 36.8 Å². The molecule has 8 heteroatoms. The zero-order valence-corrected chi connectivity index (χ0v) is 19.1. The van der Waals surface area contributed by atoms with Crippen LogP contribution < -0.4 is 4.74 Å². The summed E-state index contributed by atoms with van der Waals surface area (Å²) in [7, 11) is -3.75. The van der Waals surface area contributed by atoms with Gasteiger partial charge >= 0.3 is 0 Å². The van der Waals surface area contributed by atoms with Gasteiger partial charge in [-0.1, -0.05) is 37.3 Å². The molecule has 7 nitrogen and oxygen atoms in total. The second-order valence-corrected chi connectivity index (χ2v) is 9.42. The number of likely N-dealkylation sites (N-methyl/N-ethyl adjacent to an activating group) is 1. The fraction of sp³-hybridized carbons (Fsp3) is 0.435. The van der Waals surface area contributed by atoms with E-state index in [4.69, 9.17) is 4.74 Å². The average molecular weight is 446 g/mol. The van der Waals surface area contributed by atoms with Crippen molar-refractivity contribution in [3.63, 3.8) is 0 Å². The molecule has 0 atom stereocenters. The van der Waals surface area contributed by atoms with Crippen LogP contribution in [0.25, 0.3) is 0 Å². The standard InChI is InChI=1S/C23H31N3O4S/c1-3-26(31(28,29)22-12-10-21(11-13-22)30-4-2)19-23(27)25-16-14-24(15-17-25)18-20-8-6-5-7-9-20/h5-13H,3-4,14-19H2,1-2H3. The van der Waals surface area contributed by atoms with Gasteiger partial charge in [0, 0.05) is 39.3 Å².